The molecule has 0 bridgehead atoms. The van der Waals surface area contributed by atoms with Crippen molar-refractivity contribution in [3.8, 4) is 6.07 Å². The minimum Gasteiger partial charge on any atom is -0.345 e. The fourth-order valence-corrected chi connectivity index (χ4v) is 3.91. The van der Waals surface area contributed by atoms with E-state index in [1.165, 1.54) is 0 Å². The highest BCUT2D eigenvalue weighted by atomic mass is 35.5. The lowest BCUT2D eigenvalue weighted by Crippen LogP contribution is -2.38. The summed E-state index contributed by atoms with van der Waals surface area (Å²) in [5.74, 6) is 0.323. The number of fused-ring (bicyclic) bond motifs is 2. The Balaban J connectivity index is 1.78. The molecule has 5 heteroatoms. The van der Waals surface area contributed by atoms with Gasteiger partial charge in [-0.3, -0.25) is 0 Å². The van der Waals surface area contributed by atoms with Crippen molar-refractivity contribution < 1.29 is 9.47 Å². The lowest BCUT2D eigenvalue weighted by atomic mass is 9.76. The molecule has 3 rings (SSSR count). The molecule has 3 fully saturated rings. The molecule has 0 aromatic carbocycles. The van der Waals surface area contributed by atoms with Crippen LogP contribution in [0.5, 0.6) is 0 Å². The molecular formula is C12H17ClN2O2. The minimum atomic E-state index is -0.475. The predicted octanol–water partition coefficient (Wildman–Crippen LogP) is 1.89. The van der Waals surface area contributed by atoms with Gasteiger partial charge in [0.15, 0.2) is 5.79 Å². The number of rotatable bonds is 0. The van der Waals surface area contributed by atoms with Crippen molar-refractivity contribution in [3.05, 3.63) is 0 Å². The van der Waals surface area contributed by atoms with E-state index >= 15 is 0 Å². The van der Waals surface area contributed by atoms with Gasteiger partial charge >= 0.3 is 0 Å². The van der Waals surface area contributed by atoms with Crippen molar-refractivity contribution >= 4 is 11.8 Å². The quantitative estimate of drug-likeness (QED) is 0.621. The first-order valence-corrected chi connectivity index (χ1v) is 6.51. The first-order chi connectivity index (χ1) is 8.00. The average Bonchev–Trinajstić information content (AvgIpc) is 2.67. The molecule has 1 aliphatic carbocycles. The maximum Gasteiger partial charge on any atom is 0.163 e. The second-order valence-electron chi connectivity index (χ2n) is 5.76. The molecule has 94 valence electrons. The molecule has 2 saturated heterocycles. The molecule has 5 unspecified atom stereocenters. The van der Waals surface area contributed by atoms with Crippen molar-refractivity contribution in [1.82, 2.24) is 4.42 Å². The van der Waals surface area contributed by atoms with Crippen molar-refractivity contribution in [2.45, 2.75) is 50.7 Å². The number of nitriles is 1. The summed E-state index contributed by atoms with van der Waals surface area (Å²) < 4.78 is 13.4. The Hall–Kier alpha value is -0.340. The number of ether oxygens (including phenoxy) is 2. The van der Waals surface area contributed by atoms with Gasteiger partial charge in [0.1, 0.15) is 6.04 Å². The molecule has 0 aromatic rings. The van der Waals surface area contributed by atoms with Crippen LogP contribution in [0.4, 0.5) is 0 Å². The monoisotopic (exact) mass is 256 g/mol. The Labute approximate surface area is 107 Å². The van der Waals surface area contributed by atoms with E-state index in [0.29, 0.717) is 11.8 Å². The summed E-state index contributed by atoms with van der Waals surface area (Å²) in [6.07, 6.45) is 2.15. The SMILES string of the molecule is CC1(C)OC2CC3CN(Cl)C(C#N)C3CC2O1. The van der Waals surface area contributed by atoms with E-state index in [2.05, 4.69) is 6.07 Å². The number of hydrogen-bond donors (Lipinski definition) is 0. The third-order valence-corrected chi connectivity index (χ3v) is 4.53. The van der Waals surface area contributed by atoms with Crippen LogP contribution in [-0.2, 0) is 9.47 Å². The second-order valence-corrected chi connectivity index (χ2v) is 6.20. The Morgan fingerprint density at radius 3 is 2.59 bits per heavy atom. The molecule has 1 saturated carbocycles. The fourth-order valence-electron chi connectivity index (χ4n) is 3.54. The standard InChI is InChI=1S/C12H17ClN2O2/c1-12(2)16-10-3-7-6-15(13)9(5-14)8(7)4-11(10)17-12/h7-11H,3-4,6H2,1-2H3. The first-order valence-electron chi connectivity index (χ1n) is 6.18. The highest BCUT2D eigenvalue weighted by Crippen LogP contribution is 2.47. The molecule has 4 nitrogen and oxygen atoms in total. The van der Waals surface area contributed by atoms with E-state index in [4.69, 9.17) is 21.3 Å². The summed E-state index contributed by atoms with van der Waals surface area (Å²) in [4.78, 5) is 0. The Morgan fingerprint density at radius 2 is 1.94 bits per heavy atom. The zero-order valence-electron chi connectivity index (χ0n) is 10.1. The lowest BCUT2D eigenvalue weighted by Gasteiger charge is -2.32. The summed E-state index contributed by atoms with van der Waals surface area (Å²) in [5.41, 5.74) is 0. The van der Waals surface area contributed by atoms with E-state index in [9.17, 15) is 5.26 Å². The fraction of sp³-hybridized carbons (Fsp3) is 0.917. The zero-order valence-corrected chi connectivity index (χ0v) is 10.9. The van der Waals surface area contributed by atoms with Crippen LogP contribution in [0.2, 0.25) is 0 Å². The maximum atomic E-state index is 9.17. The van der Waals surface area contributed by atoms with Crippen LogP contribution >= 0.6 is 11.8 Å². The van der Waals surface area contributed by atoms with Crippen LogP contribution in [-0.4, -0.2) is 35.0 Å². The second kappa shape index (κ2) is 3.83. The Kier molecular flexibility index (Phi) is 2.64. The van der Waals surface area contributed by atoms with Gasteiger partial charge in [0.05, 0.1) is 18.3 Å². The van der Waals surface area contributed by atoms with Gasteiger partial charge in [-0.05, 0) is 50.3 Å². The molecule has 17 heavy (non-hydrogen) atoms. The van der Waals surface area contributed by atoms with Gasteiger partial charge in [0, 0.05) is 6.54 Å². The van der Waals surface area contributed by atoms with Gasteiger partial charge in [0.2, 0.25) is 0 Å². The highest BCUT2D eigenvalue weighted by Gasteiger charge is 2.53. The molecule has 0 spiro atoms. The topological polar surface area (TPSA) is 45.5 Å². The van der Waals surface area contributed by atoms with Crippen molar-refractivity contribution in [1.29, 1.82) is 5.26 Å². The minimum absolute atomic E-state index is 0.130. The Morgan fingerprint density at radius 1 is 1.29 bits per heavy atom. The van der Waals surface area contributed by atoms with Gasteiger partial charge in [-0.15, -0.1) is 0 Å². The van der Waals surface area contributed by atoms with Crippen LogP contribution in [0.3, 0.4) is 0 Å². The summed E-state index contributed by atoms with van der Waals surface area (Å²) >= 11 is 6.09. The largest absolute Gasteiger partial charge is 0.345 e. The number of hydrogen-bond acceptors (Lipinski definition) is 4. The summed E-state index contributed by atoms with van der Waals surface area (Å²) in [6.45, 7) is 4.70. The van der Waals surface area contributed by atoms with Gasteiger partial charge in [0.25, 0.3) is 0 Å². The lowest BCUT2D eigenvalue weighted by molar-refractivity contribution is -0.146. The van der Waals surface area contributed by atoms with Crippen molar-refractivity contribution in [2.75, 3.05) is 6.54 Å². The average molecular weight is 257 g/mol. The third kappa shape index (κ3) is 1.86. The molecule has 0 radical (unpaired) electrons. The maximum absolute atomic E-state index is 9.17. The summed E-state index contributed by atoms with van der Waals surface area (Å²) in [5, 5.41) is 9.17. The molecule has 3 aliphatic rings. The normalized spacial score (nSPS) is 48.5. The molecule has 0 N–H and O–H groups in total. The van der Waals surface area contributed by atoms with Crippen LogP contribution in [0, 0.1) is 23.2 Å². The first kappa shape index (κ1) is 11.7. The smallest absolute Gasteiger partial charge is 0.163 e. The van der Waals surface area contributed by atoms with E-state index in [1.807, 2.05) is 13.8 Å². The van der Waals surface area contributed by atoms with Gasteiger partial charge in [-0.2, -0.15) is 5.26 Å². The van der Waals surface area contributed by atoms with E-state index in [1.54, 1.807) is 4.42 Å². The number of halogens is 1. The van der Waals surface area contributed by atoms with Crippen LogP contribution in [0.15, 0.2) is 0 Å². The molecule has 0 amide bonds. The van der Waals surface area contributed by atoms with Crippen molar-refractivity contribution in [3.63, 3.8) is 0 Å². The van der Waals surface area contributed by atoms with Crippen LogP contribution in [0.1, 0.15) is 26.7 Å². The Bertz CT molecular complexity index is 368. The molecule has 2 heterocycles. The molecular weight excluding hydrogens is 240 g/mol. The third-order valence-electron chi connectivity index (χ3n) is 4.18. The van der Waals surface area contributed by atoms with Gasteiger partial charge < -0.3 is 9.47 Å². The molecule has 5 atom stereocenters. The van der Waals surface area contributed by atoms with Crippen molar-refractivity contribution in [2.24, 2.45) is 11.8 Å². The van der Waals surface area contributed by atoms with Gasteiger partial charge in [-0.1, -0.05) is 0 Å². The van der Waals surface area contributed by atoms with Gasteiger partial charge in [-0.25, -0.2) is 4.42 Å². The van der Waals surface area contributed by atoms with E-state index < -0.39 is 5.79 Å². The molecule has 0 aromatic heterocycles. The van der Waals surface area contributed by atoms with E-state index in [-0.39, 0.29) is 18.2 Å². The van der Waals surface area contributed by atoms with Crippen LogP contribution < -0.4 is 0 Å². The molecule has 2 aliphatic heterocycles. The van der Waals surface area contributed by atoms with E-state index in [0.717, 1.165) is 19.4 Å². The zero-order chi connectivity index (χ0) is 12.2. The van der Waals surface area contributed by atoms with Crippen LogP contribution in [0.25, 0.3) is 0 Å². The number of nitrogens with zero attached hydrogens (tertiary/aromatic N) is 2. The summed E-state index contributed by atoms with van der Waals surface area (Å²) in [7, 11) is 0. The highest BCUT2D eigenvalue weighted by molar-refractivity contribution is 6.13. The predicted molar refractivity (Wildman–Crippen MR) is 62.0 cm³/mol. The summed E-state index contributed by atoms with van der Waals surface area (Å²) in [6, 6.07) is 2.14.